The average molecular weight is 130 g/mol. The lowest BCUT2D eigenvalue weighted by Crippen LogP contribution is -2.09. The molecule has 44 valence electrons. The normalized spacial score (nSPS) is 35.8. The van der Waals surface area contributed by atoms with Crippen LogP contribution in [0.4, 0.5) is 4.39 Å². The zero-order valence-electron chi connectivity index (χ0n) is 4.34. The van der Waals surface area contributed by atoms with E-state index < -0.39 is 5.00 Å². The molecule has 0 aromatic heterocycles. The first-order chi connectivity index (χ1) is 3.71. The quantitative estimate of drug-likeness (QED) is 0.477. The highest BCUT2D eigenvalue weighted by Crippen LogP contribution is 2.25. The van der Waals surface area contributed by atoms with Crippen molar-refractivity contribution in [1.29, 1.82) is 0 Å². The van der Waals surface area contributed by atoms with Gasteiger partial charge in [0.05, 0.1) is 0 Å². The van der Waals surface area contributed by atoms with E-state index in [0.717, 1.165) is 0 Å². The van der Waals surface area contributed by atoms with E-state index in [-0.39, 0.29) is 0 Å². The number of hydrogen-bond acceptors (Lipinski definition) is 1. The Kier molecular flexibility index (Phi) is 1.43. The highest BCUT2D eigenvalue weighted by molar-refractivity contribution is 7.81. The SMILES string of the molecule is FC1(S)C=CC=CC1. The molecule has 0 radical (unpaired) electrons. The molecule has 1 atom stereocenters. The lowest BCUT2D eigenvalue weighted by atomic mass is 10.1. The van der Waals surface area contributed by atoms with E-state index in [4.69, 9.17) is 0 Å². The second-order valence-corrected chi connectivity index (χ2v) is 2.55. The molecule has 2 heteroatoms. The fraction of sp³-hybridized carbons (Fsp3) is 0.333. The highest BCUT2D eigenvalue weighted by Gasteiger charge is 2.18. The molecule has 0 aromatic carbocycles. The van der Waals surface area contributed by atoms with Crippen LogP contribution in [0.3, 0.4) is 0 Å². The summed E-state index contributed by atoms with van der Waals surface area (Å²) in [5.74, 6) is 0. The van der Waals surface area contributed by atoms with Crippen LogP contribution in [0.25, 0.3) is 0 Å². The number of hydrogen-bond donors (Lipinski definition) is 1. The molecule has 0 heterocycles. The minimum Gasteiger partial charge on any atom is -0.227 e. The van der Waals surface area contributed by atoms with Crippen LogP contribution in [-0.2, 0) is 0 Å². The van der Waals surface area contributed by atoms with Crippen molar-refractivity contribution in [3.63, 3.8) is 0 Å². The Morgan fingerprint density at radius 2 is 2.25 bits per heavy atom. The van der Waals surface area contributed by atoms with Gasteiger partial charge >= 0.3 is 0 Å². The molecule has 0 aliphatic heterocycles. The van der Waals surface area contributed by atoms with Crippen molar-refractivity contribution >= 4 is 12.6 Å². The topological polar surface area (TPSA) is 0 Å². The fourth-order valence-corrected chi connectivity index (χ4v) is 0.774. The number of alkyl halides is 1. The molecule has 0 aromatic rings. The molecular weight excluding hydrogens is 123 g/mol. The summed E-state index contributed by atoms with van der Waals surface area (Å²) in [5, 5.41) is -1.39. The lowest BCUT2D eigenvalue weighted by Gasteiger charge is -2.13. The molecule has 1 aliphatic rings. The molecule has 0 fully saturated rings. The predicted molar refractivity (Wildman–Crippen MR) is 35.7 cm³/mol. The monoisotopic (exact) mass is 130 g/mol. The Morgan fingerprint density at radius 3 is 2.50 bits per heavy atom. The third kappa shape index (κ3) is 1.37. The molecule has 0 saturated carbocycles. The van der Waals surface area contributed by atoms with E-state index in [2.05, 4.69) is 12.6 Å². The maximum atomic E-state index is 12.6. The first-order valence-corrected chi connectivity index (χ1v) is 2.91. The summed E-state index contributed by atoms with van der Waals surface area (Å²) in [6, 6.07) is 0. The molecule has 8 heavy (non-hydrogen) atoms. The van der Waals surface area contributed by atoms with Crippen molar-refractivity contribution in [1.82, 2.24) is 0 Å². The molecule has 0 N–H and O–H groups in total. The van der Waals surface area contributed by atoms with Crippen LogP contribution in [0.5, 0.6) is 0 Å². The first-order valence-electron chi connectivity index (χ1n) is 2.46. The molecule has 1 rings (SSSR count). The second-order valence-electron chi connectivity index (χ2n) is 1.81. The summed E-state index contributed by atoms with van der Waals surface area (Å²) in [4.78, 5) is 0. The van der Waals surface area contributed by atoms with Gasteiger partial charge < -0.3 is 0 Å². The van der Waals surface area contributed by atoms with Gasteiger partial charge in [0.25, 0.3) is 0 Å². The third-order valence-corrected chi connectivity index (χ3v) is 1.33. The number of halogens is 1. The molecule has 0 spiro atoms. The van der Waals surface area contributed by atoms with Crippen LogP contribution in [0, 0.1) is 0 Å². The van der Waals surface area contributed by atoms with E-state index >= 15 is 0 Å². The second kappa shape index (κ2) is 1.94. The van der Waals surface area contributed by atoms with Crippen molar-refractivity contribution in [2.24, 2.45) is 0 Å². The van der Waals surface area contributed by atoms with Crippen LogP contribution >= 0.6 is 12.6 Å². The van der Waals surface area contributed by atoms with Gasteiger partial charge in [-0.2, -0.15) is 0 Å². The van der Waals surface area contributed by atoms with Gasteiger partial charge in [-0.15, -0.1) is 12.6 Å². The third-order valence-electron chi connectivity index (χ3n) is 1.00. The number of rotatable bonds is 0. The van der Waals surface area contributed by atoms with Crippen LogP contribution < -0.4 is 0 Å². The Balaban J connectivity index is 2.65. The molecule has 0 saturated heterocycles. The molecule has 1 unspecified atom stereocenters. The highest BCUT2D eigenvalue weighted by atomic mass is 32.1. The van der Waals surface area contributed by atoms with Crippen molar-refractivity contribution < 1.29 is 4.39 Å². The van der Waals surface area contributed by atoms with Crippen LogP contribution in [-0.4, -0.2) is 5.00 Å². The Morgan fingerprint density at radius 1 is 1.50 bits per heavy atom. The van der Waals surface area contributed by atoms with E-state index in [9.17, 15) is 4.39 Å². The zero-order chi connectivity index (χ0) is 6.04. The van der Waals surface area contributed by atoms with Gasteiger partial charge in [0.1, 0.15) is 0 Å². The van der Waals surface area contributed by atoms with Crippen molar-refractivity contribution in [3.05, 3.63) is 24.3 Å². The molecular formula is C6H7FS. The standard InChI is InChI=1S/C6H7FS/c7-6(8)4-2-1-3-5-6/h1-4,8H,5H2. The van der Waals surface area contributed by atoms with Gasteiger partial charge in [-0.25, -0.2) is 4.39 Å². The van der Waals surface area contributed by atoms with Crippen molar-refractivity contribution in [2.75, 3.05) is 0 Å². The number of thiol groups is 1. The largest absolute Gasteiger partial charge is 0.227 e. The molecule has 0 amide bonds. The summed E-state index contributed by atoms with van der Waals surface area (Å²) < 4.78 is 12.6. The van der Waals surface area contributed by atoms with Gasteiger partial charge in [-0.05, 0) is 6.08 Å². The summed E-state index contributed by atoms with van der Waals surface area (Å²) in [5.41, 5.74) is 0. The summed E-state index contributed by atoms with van der Waals surface area (Å²) >= 11 is 3.71. The fourth-order valence-electron chi connectivity index (χ4n) is 0.583. The van der Waals surface area contributed by atoms with E-state index in [0.29, 0.717) is 6.42 Å². The summed E-state index contributed by atoms with van der Waals surface area (Å²) in [7, 11) is 0. The summed E-state index contributed by atoms with van der Waals surface area (Å²) in [6.07, 6.45) is 7.06. The van der Waals surface area contributed by atoms with Crippen molar-refractivity contribution in [3.8, 4) is 0 Å². The maximum absolute atomic E-state index is 12.6. The van der Waals surface area contributed by atoms with E-state index in [1.54, 1.807) is 12.2 Å². The average Bonchev–Trinajstić information content (AvgIpc) is 1.65. The zero-order valence-corrected chi connectivity index (χ0v) is 5.24. The van der Waals surface area contributed by atoms with Crippen LogP contribution in [0.2, 0.25) is 0 Å². The number of allylic oxidation sites excluding steroid dienone is 3. The van der Waals surface area contributed by atoms with Gasteiger partial charge in [0.15, 0.2) is 5.00 Å². The van der Waals surface area contributed by atoms with Gasteiger partial charge in [-0.3, -0.25) is 0 Å². The Labute approximate surface area is 53.5 Å². The molecule has 1 aliphatic carbocycles. The smallest absolute Gasteiger partial charge is 0.175 e. The van der Waals surface area contributed by atoms with Crippen molar-refractivity contribution in [2.45, 2.75) is 11.4 Å². The minimum atomic E-state index is -1.39. The predicted octanol–water partition coefficient (Wildman–Crippen LogP) is 2.10. The minimum absolute atomic E-state index is 0.382. The van der Waals surface area contributed by atoms with E-state index in [1.807, 2.05) is 6.08 Å². The van der Waals surface area contributed by atoms with Crippen LogP contribution in [0.15, 0.2) is 24.3 Å². The first kappa shape index (κ1) is 5.89. The lowest BCUT2D eigenvalue weighted by molar-refractivity contribution is 0.361. The van der Waals surface area contributed by atoms with Crippen LogP contribution in [0.1, 0.15) is 6.42 Å². The Hall–Kier alpha value is -0.240. The van der Waals surface area contributed by atoms with Gasteiger partial charge in [0, 0.05) is 6.42 Å². The van der Waals surface area contributed by atoms with Gasteiger partial charge in [-0.1, -0.05) is 18.2 Å². The summed E-state index contributed by atoms with van der Waals surface area (Å²) in [6.45, 7) is 0. The molecule has 0 nitrogen and oxygen atoms in total. The van der Waals surface area contributed by atoms with Gasteiger partial charge in [0.2, 0.25) is 0 Å². The van der Waals surface area contributed by atoms with E-state index in [1.165, 1.54) is 6.08 Å². The maximum Gasteiger partial charge on any atom is 0.175 e. The molecule has 0 bridgehead atoms. The Bertz CT molecular complexity index is 135.